The molecule has 0 unspecified atom stereocenters. The zero-order chi connectivity index (χ0) is 22.1. The molecule has 0 radical (unpaired) electrons. The van der Waals surface area contributed by atoms with Crippen molar-refractivity contribution < 1.29 is 23.7 Å². The van der Waals surface area contributed by atoms with E-state index in [2.05, 4.69) is 15.5 Å². The van der Waals surface area contributed by atoms with E-state index in [1.165, 1.54) is 0 Å². The van der Waals surface area contributed by atoms with Gasteiger partial charge in [-0.1, -0.05) is 6.07 Å². The second kappa shape index (κ2) is 10.8. The summed E-state index contributed by atoms with van der Waals surface area (Å²) in [5.74, 6) is 2.28. The molecule has 0 saturated heterocycles. The van der Waals surface area contributed by atoms with Crippen LogP contribution in [-0.4, -0.2) is 50.6 Å². The van der Waals surface area contributed by atoms with Gasteiger partial charge in [-0.15, -0.1) is 10.2 Å². The summed E-state index contributed by atoms with van der Waals surface area (Å²) in [6.07, 6.45) is 0.233. The Hall–Kier alpha value is -3.81. The van der Waals surface area contributed by atoms with Crippen LogP contribution in [0.15, 0.2) is 54.6 Å². The Labute approximate surface area is 181 Å². The molecule has 8 heteroatoms. The van der Waals surface area contributed by atoms with Crippen molar-refractivity contribution >= 4 is 5.91 Å². The van der Waals surface area contributed by atoms with Crippen LogP contribution in [0.25, 0.3) is 11.3 Å². The first-order valence-corrected chi connectivity index (χ1v) is 9.71. The van der Waals surface area contributed by atoms with E-state index in [0.29, 0.717) is 23.9 Å². The number of ether oxygens (including phenoxy) is 4. The smallest absolute Gasteiger partial charge is 0.233 e. The molecule has 31 heavy (non-hydrogen) atoms. The molecule has 162 valence electrons. The van der Waals surface area contributed by atoms with Crippen molar-refractivity contribution in [2.24, 2.45) is 0 Å². The fourth-order valence-corrected chi connectivity index (χ4v) is 2.90. The number of rotatable bonds is 10. The maximum atomic E-state index is 12.1. The first-order valence-electron chi connectivity index (χ1n) is 9.71. The minimum atomic E-state index is -0.114. The zero-order valence-electron chi connectivity index (χ0n) is 17.8. The minimum absolute atomic E-state index is 0.114. The lowest BCUT2D eigenvalue weighted by Crippen LogP contribution is -2.29. The molecule has 0 atom stereocenters. The van der Waals surface area contributed by atoms with Crippen molar-refractivity contribution in [3.63, 3.8) is 0 Å². The van der Waals surface area contributed by atoms with Crippen LogP contribution < -0.4 is 24.3 Å². The number of nitrogens with zero attached hydrogens (tertiary/aromatic N) is 2. The van der Waals surface area contributed by atoms with E-state index in [1.807, 2.05) is 36.4 Å². The number of aromatic nitrogens is 2. The van der Waals surface area contributed by atoms with Crippen LogP contribution in [0, 0.1) is 0 Å². The van der Waals surface area contributed by atoms with Crippen molar-refractivity contribution in [3.8, 4) is 34.4 Å². The van der Waals surface area contributed by atoms with E-state index in [0.717, 1.165) is 22.6 Å². The number of benzene rings is 2. The van der Waals surface area contributed by atoms with Crippen molar-refractivity contribution in [1.82, 2.24) is 15.5 Å². The van der Waals surface area contributed by atoms with Crippen LogP contribution in [0.4, 0.5) is 0 Å². The van der Waals surface area contributed by atoms with Gasteiger partial charge >= 0.3 is 0 Å². The summed E-state index contributed by atoms with van der Waals surface area (Å²) >= 11 is 0. The monoisotopic (exact) mass is 423 g/mol. The van der Waals surface area contributed by atoms with E-state index in [-0.39, 0.29) is 18.9 Å². The van der Waals surface area contributed by atoms with Gasteiger partial charge in [-0.25, -0.2) is 0 Å². The molecule has 2 aromatic carbocycles. The molecule has 3 rings (SSSR count). The van der Waals surface area contributed by atoms with Gasteiger partial charge in [0.2, 0.25) is 11.8 Å². The van der Waals surface area contributed by atoms with Gasteiger partial charge in [-0.3, -0.25) is 4.79 Å². The Morgan fingerprint density at radius 3 is 2.29 bits per heavy atom. The Morgan fingerprint density at radius 1 is 0.871 bits per heavy atom. The van der Waals surface area contributed by atoms with Crippen LogP contribution in [0.3, 0.4) is 0 Å². The molecule has 0 aliphatic heterocycles. The highest BCUT2D eigenvalue weighted by molar-refractivity contribution is 5.78. The Morgan fingerprint density at radius 2 is 1.65 bits per heavy atom. The molecule has 3 aromatic rings. The van der Waals surface area contributed by atoms with Crippen LogP contribution >= 0.6 is 0 Å². The lowest BCUT2D eigenvalue weighted by Gasteiger charge is -2.10. The van der Waals surface area contributed by atoms with Crippen molar-refractivity contribution in [2.75, 3.05) is 34.5 Å². The summed E-state index contributed by atoms with van der Waals surface area (Å²) in [4.78, 5) is 12.1. The van der Waals surface area contributed by atoms with Gasteiger partial charge in [0.05, 0.1) is 40.0 Å². The molecule has 1 amide bonds. The van der Waals surface area contributed by atoms with Crippen molar-refractivity contribution in [2.45, 2.75) is 6.42 Å². The summed E-state index contributed by atoms with van der Waals surface area (Å²) < 4.78 is 21.2. The Balaban J connectivity index is 1.43. The van der Waals surface area contributed by atoms with Gasteiger partial charge in [-0.05, 0) is 48.0 Å². The zero-order valence-corrected chi connectivity index (χ0v) is 17.8. The summed E-state index contributed by atoms with van der Waals surface area (Å²) in [7, 11) is 4.76. The molecule has 0 bridgehead atoms. The Bertz CT molecular complexity index is 991. The lowest BCUT2D eigenvalue weighted by molar-refractivity contribution is -0.120. The fraction of sp³-hybridized carbons (Fsp3) is 0.261. The number of carbonyl (C=O) groups excluding carboxylic acids is 1. The highest BCUT2D eigenvalue weighted by Crippen LogP contribution is 2.27. The standard InChI is InChI=1S/C23H25N3O5/c1-28-18-7-5-17(6-8-18)19-9-11-23(26-25-19)31-13-12-24-22(27)15-16-4-10-20(29-2)21(14-16)30-3/h4-11,14H,12-13,15H2,1-3H3,(H,24,27). The van der Waals surface area contributed by atoms with E-state index in [9.17, 15) is 4.79 Å². The maximum absolute atomic E-state index is 12.1. The van der Waals surface area contributed by atoms with Gasteiger partial charge in [0.25, 0.3) is 0 Å². The van der Waals surface area contributed by atoms with Crippen molar-refractivity contribution in [1.29, 1.82) is 0 Å². The number of amides is 1. The van der Waals surface area contributed by atoms with Gasteiger partial charge in [-0.2, -0.15) is 0 Å². The molecule has 1 heterocycles. The third-order valence-corrected chi connectivity index (χ3v) is 4.51. The second-order valence-corrected chi connectivity index (χ2v) is 6.55. The van der Waals surface area contributed by atoms with E-state index in [1.54, 1.807) is 39.5 Å². The molecule has 0 aliphatic rings. The van der Waals surface area contributed by atoms with Crippen molar-refractivity contribution in [3.05, 3.63) is 60.2 Å². The van der Waals surface area contributed by atoms with Gasteiger partial charge in [0.1, 0.15) is 12.4 Å². The van der Waals surface area contributed by atoms with E-state index < -0.39 is 0 Å². The number of carbonyl (C=O) groups is 1. The van der Waals surface area contributed by atoms with Crippen LogP contribution in [0.5, 0.6) is 23.1 Å². The van der Waals surface area contributed by atoms with Crippen LogP contribution in [-0.2, 0) is 11.2 Å². The number of methoxy groups -OCH3 is 3. The second-order valence-electron chi connectivity index (χ2n) is 6.55. The maximum Gasteiger partial charge on any atom is 0.233 e. The predicted octanol–water partition coefficient (Wildman–Crippen LogP) is 2.91. The normalized spacial score (nSPS) is 10.3. The lowest BCUT2D eigenvalue weighted by atomic mass is 10.1. The van der Waals surface area contributed by atoms with E-state index in [4.69, 9.17) is 18.9 Å². The molecule has 1 aromatic heterocycles. The summed E-state index contributed by atoms with van der Waals surface area (Å²) in [5.41, 5.74) is 2.50. The number of nitrogens with one attached hydrogen (secondary N) is 1. The van der Waals surface area contributed by atoms with Crippen LogP contribution in [0.2, 0.25) is 0 Å². The van der Waals surface area contributed by atoms with Crippen LogP contribution in [0.1, 0.15) is 5.56 Å². The number of hydrogen-bond acceptors (Lipinski definition) is 7. The average Bonchev–Trinajstić information content (AvgIpc) is 2.82. The highest BCUT2D eigenvalue weighted by atomic mass is 16.5. The van der Waals surface area contributed by atoms with E-state index >= 15 is 0 Å². The van der Waals surface area contributed by atoms with Gasteiger partial charge < -0.3 is 24.3 Å². The summed E-state index contributed by atoms with van der Waals surface area (Å²) in [5, 5.41) is 11.1. The fourth-order valence-electron chi connectivity index (χ4n) is 2.90. The molecule has 0 spiro atoms. The largest absolute Gasteiger partial charge is 0.497 e. The minimum Gasteiger partial charge on any atom is -0.497 e. The first-order chi connectivity index (χ1) is 15.1. The predicted molar refractivity (Wildman–Crippen MR) is 116 cm³/mol. The molecule has 0 saturated carbocycles. The third-order valence-electron chi connectivity index (χ3n) is 4.51. The van der Waals surface area contributed by atoms with Gasteiger partial charge in [0.15, 0.2) is 11.5 Å². The molecule has 0 aliphatic carbocycles. The molecule has 0 fully saturated rings. The first kappa shape index (κ1) is 21.9. The number of hydrogen-bond donors (Lipinski definition) is 1. The SMILES string of the molecule is COc1ccc(-c2ccc(OCCNC(=O)Cc3ccc(OC)c(OC)c3)nn2)cc1. The molecular formula is C23H25N3O5. The highest BCUT2D eigenvalue weighted by Gasteiger charge is 2.08. The summed E-state index contributed by atoms with van der Waals surface area (Å²) in [6, 6.07) is 16.5. The quantitative estimate of drug-likeness (QED) is 0.501. The molecule has 1 N–H and O–H groups in total. The summed E-state index contributed by atoms with van der Waals surface area (Å²) in [6.45, 7) is 0.641. The topological polar surface area (TPSA) is 91.8 Å². The van der Waals surface area contributed by atoms with Gasteiger partial charge in [0, 0.05) is 11.6 Å². The molecular weight excluding hydrogens is 398 g/mol. The third kappa shape index (κ3) is 6.08. The average molecular weight is 423 g/mol. The molecule has 8 nitrogen and oxygen atoms in total. The Kier molecular flexibility index (Phi) is 7.64.